The third kappa shape index (κ3) is 2.54. The first-order valence-corrected chi connectivity index (χ1v) is 7.19. The number of nitrogens with two attached hydrogens (primary N) is 1. The van der Waals surface area contributed by atoms with E-state index in [1.165, 1.54) is 0 Å². The number of benzene rings is 2. The van der Waals surface area contributed by atoms with Gasteiger partial charge in [-0.1, -0.05) is 35.9 Å². The van der Waals surface area contributed by atoms with Crippen molar-refractivity contribution in [3.05, 3.63) is 53.1 Å². The number of nitrogens with zero attached hydrogens (tertiary/aromatic N) is 2. The molecule has 3 rings (SSSR count). The zero-order chi connectivity index (χ0) is 14.8. The van der Waals surface area contributed by atoms with E-state index < -0.39 is 0 Å². The van der Waals surface area contributed by atoms with Gasteiger partial charge in [-0.3, -0.25) is 0 Å². The minimum atomic E-state index is 0.456. The maximum atomic E-state index is 6.23. The van der Waals surface area contributed by atoms with Crippen molar-refractivity contribution >= 4 is 28.6 Å². The van der Waals surface area contributed by atoms with Crippen LogP contribution < -0.4 is 10.5 Å². The van der Waals surface area contributed by atoms with Gasteiger partial charge in [-0.05, 0) is 30.7 Å². The Morgan fingerprint density at radius 3 is 2.76 bits per heavy atom. The predicted molar refractivity (Wildman–Crippen MR) is 85.9 cm³/mol. The molecule has 1 aromatic heterocycles. The normalized spacial score (nSPS) is 11.0. The number of imidazole rings is 1. The van der Waals surface area contributed by atoms with Gasteiger partial charge in [-0.2, -0.15) is 0 Å². The summed E-state index contributed by atoms with van der Waals surface area (Å²) in [5, 5.41) is 0.722. The number of halogens is 1. The first-order chi connectivity index (χ1) is 10.2. The van der Waals surface area contributed by atoms with E-state index in [4.69, 9.17) is 22.1 Å². The molecule has 0 bridgehead atoms. The zero-order valence-corrected chi connectivity index (χ0v) is 12.5. The Kier molecular flexibility index (Phi) is 3.71. The molecule has 1 heterocycles. The van der Waals surface area contributed by atoms with Crippen molar-refractivity contribution in [2.45, 2.75) is 13.5 Å². The molecule has 0 spiro atoms. The number of fused-ring (bicyclic) bond motifs is 1. The van der Waals surface area contributed by atoms with Gasteiger partial charge in [-0.25, -0.2) is 4.98 Å². The summed E-state index contributed by atoms with van der Waals surface area (Å²) in [5.41, 5.74) is 8.80. The van der Waals surface area contributed by atoms with Crippen LogP contribution in [0.2, 0.25) is 5.02 Å². The van der Waals surface area contributed by atoms with E-state index in [9.17, 15) is 0 Å². The van der Waals surface area contributed by atoms with Crippen molar-refractivity contribution in [1.29, 1.82) is 0 Å². The van der Waals surface area contributed by atoms with Crippen LogP contribution in [0.1, 0.15) is 12.5 Å². The molecule has 0 saturated heterocycles. The Balaban J connectivity index is 2.09. The van der Waals surface area contributed by atoms with Crippen molar-refractivity contribution in [1.82, 2.24) is 9.55 Å². The van der Waals surface area contributed by atoms with Crippen LogP contribution in [0.5, 0.6) is 5.75 Å². The second-order valence-corrected chi connectivity index (χ2v) is 5.11. The maximum Gasteiger partial charge on any atom is 0.201 e. The average Bonchev–Trinajstić information content (AvgIpc) is 2.79. The summed E-state index contributed by atoms with van der Waals surface area (Å²) in [5.74, 6) is 1.21. The summed E-state index contributed by atoms with van der Waals surface area (Å²) in [7, 11) is 0. The van der Waals surface area contributed by atoms with E-state index in [1.807, 2.05) is 54.0 Å². The molecule has 5 heteroatoms. The van der Waals surface area contributed by atoms with Crippen LogP contribution in [0.25, 0.3) is 11.0 Å². The van der Waals surface area contributed by atoms with Crippen LogP contribution in [0, 0.1) is 0 Å². The van der Waals surface area contributed by atoms with Crippen molar-refractivity contribution in [3.8, 4) is 5.75 Å². The van der Waals surface area contributed by atoms with Crippen LogP contribution >= 0.6 is 11.6 Å². The van der Waals surface area contributed by atoms with Gasteiger partial charge >= 0.3 is 0 Å². The molecule has 21 heavy (non-hydrogen) atoms. The number of nitrogen functional groups attached to an aromatic ring is 1. The van der Waals surface area contributed by atoms with Crippen molar-refractivity contribution in [3.63, 3.8) is 0 Å². The highest BCUT2D eigenvalue weighted by atomic mass is 35.5. The highest BCUT2D eigenvalue weighted by Crippen LogP contribution is 2.28. The predicted octanol–water partition coefficient (Wildman–Crippen LogP) is 3.72. The van der Waals surface area contributed by atoms with E-state index in [0.29, 0.717) is 19.1 Å². The van der Waals surface area contributed by atoms with Gasteiger partial charge in [0.1, 0.15) is 11.3 Å². The summed E-state index contributed by atoms with van der Waals surface area (Å²) in [6.45, 7) is 3.12. The summed E-state index contributed by atoms with van der Waals surface area (Å²) < 4.78 is 7.55. The van der Waals surface area contributed by atoms with Gasteiger partial charge in [-0.15, -0.1) is 0 Å². The molecule has 0 saturated carbocycles. The summed E-state index contributed by atoms with van der Waals surface area (Å²) in [4.78, 5) is 4.43. The summed E-state index contributed by atoms with van der Waals surface area (Å²) in [6.07, 6.45) is 0. The molecule has 0 amide bonds. The van der Waals surface area contributed by atoms with E-state index in [1.54, 1.807) is 0 Å². The van der Waals surface area contributed by atoms with Crippen molar-refractivity contribution in [2.75, 3.05) is 12.3 Å². The molecule has 0 aliphatic carbocycles. The summed E-state index contributed by atoms with van der Waals surface area (Å²) >= 11 is 6.23. The fourth-order valence-corrected chi connectivity index (χ4v) is 2.57. The quantitative estimate of drug-likeness (QED) is 0.799. The number of aromatic nitrogens is 2. The number of hydrogen-bond donors (Lipinski definition) is 1. The molecule has 108 valence electrons. The molecular weight excluding hydrogens is 286 g/mol. The third-order valence-electron chi connectivity index (χ3n) is 3.36. The zero-order valence-electron chi connectivity index (χ0n) is 11.7. The fraction of sp³-hybridized carbons (Fsp3) is 0.188. The highest BCUT2D eigenvalue weighted by molar-refractivity contribution is 6.31. The number of rotatable bonds is 4. The Morgan fingerprint density at radius 2 is 2.00 bits per heavy atom. The SMILES string of the molecule is CCOc1cccc2c1nc(N)n2Cc1ccccc1Cl. The molecule has 0 atom stereocenters. The first-order valence-electron chi connectivity index (χ1n) is 6.81. The van der Waals surface area contributed by atoms with Crippen LogP contribution in [0.15, 0.2) is 42.5 Å². The van der Waals surface area contributed by atoms with Gasteiger partial charge in [0.15, 0.2) is 0 Å². The largest absolute Gasteiger partial charge is 0.492 e. The van der Waals surface area contributed by atoms with Gasteiger partial charge in [0.05, 0.1) is 18.7 Å². The minimum absolute atomic E-state index is 0.456. The van der Waals surface area contributed by atoms with Crippen LogP contribution in [0.4, 0.5) is 5.95 Å². The average molecular weight is 302 g/mol. The molecule has 0 radical (unpaired) electrons. The molecular formula is C16H16ClN3O. The second-order valence-electron chi connectivity index (χ2n) is 4.70. The second kappa shape index (κ2) is 5.66. The van der Waals surface area contributed by atoms with E-state index in [2.05, 4.69) is 4.98 Å². The molecule has 0 fully saturated rings. The number of para-hydroxylation sites is 1. The molecule has 2 aromatic carbocycles. The van der Waals surface area contributed by atoms with Gasteiger partial charge in [0.2, 0.25) is 5.95 Å². The topological polar surface area (TPSA) is 53.1 Å². The Bertz CT molecular complexity index is 782. The van der Waals surface area contributed by atoms with Crippen LogP contribution in [-0.2, 0) is 6.54 Å². The van der Waals surface area contributed by atoms with Crippen LogP contribution in [0.3, 0.4) is 0 Å². The molecule has 3 aromatic rings. The third-order valence-corrected chi connectivity index (χ3v) is 3.73. The first kappa shape index (κ1) is 13.8. The van der Waals surface area contributed by atoms with E-state index in [0.717, 1.165) is 27.4 Å². The highest BCUT2D eigenvalue weighted by Gasteiger charge is 2.13. The molecule has 0 unspecified atom stereocenters. The lowest BCUT2D eigenvalue weighted by molar-refractivity contribution is 0.343. The number of ether oxygens (including phenoxy) is 1. The maximum absolute atomic E-state index is 6.23. The Labute approximate surface area is 128 Å². The van der Waals surface area contributed by atoms with Gasteiger partial charge < -0.3 is 15.0 Å². The lowest BCUT2D eigenvalue weighted by atomic mass is 10.2. The van der Waals surface area contributed by atoms with Gasteiger partial charge in [0.25, 0.3) is 0 Å². The standard InChI is InChI=1S/C16H16ClN3O/c1-2-21-14-9-5-8-13-15(14)19-16(18)20(13)10-11-6-3-4-7-12(11)17/h3-9H,2,10H2,1H3,(H2,18,19). The smallest absolute Gasteiger partial charge is 0.201 e. The molecule has 2 N–H and O–H groups in total. The lowest BCUT2D eigenvalue weighted by Crippen LogP contribution is -2.04. The molecule has 4 nitrogen and oxygen atoms in total. The monoisotopic (exact) mass is 301 g/mol. The lowest BCUT2D eigenvalue weighted by Gasteiger charge is -2.09. The molecule has 0 aliphatic heterocycles. The summed E-state index contributed by atoms with van der Waals surface area (Å²) in [6, 6.07) is 13.6. The Hall–Kier alpha value is -2.20. The van der Waals surface area contributed by atoms with Crippen LogP contribution in [-0.4, -0.2) is 16.2 Å². The number of hydrogen-bond acceptors (Lipinski definition) is 3. The van der Waals surface area contributed by atoms with Crippen molar-refractivity contribution in [2.24, 2.45) is 0 Å². The minimum Gasteiger partial charge on any atom is -0.492 e. The van der Waals surface area contributed by atoms with E-state index >= 15 is 0 Å². The number of anilines is 1. The fourth-order valence-electron chi connectivity index (χ4n) is 2.37. The van der Waals surface area contributed by atoms with E-state index in [-0.39, 0.29) is 0 Å². The molecule has 0 aliphatic rings. The van der Waals surface area contributed by atoms with Gasteiger partial charge in [0, 0.05) is 5.02 Å². The van der Waals surface area contributed by atoms with Crippen molar-refractivity contribution < 1.29 is 4.74 Å². The Morgan fingerprint density at radius 1 is 1.19 bits per heavy atom.